The summed E-state index contributed by atoms with van der Waals surface area (Å²) in [6.45, 7) is 0.622. The van der Waals surface area contributed by atoms with Gasteiger partial charge in [0.15, 0.2) is 11.5 Å². The number of carboxylic acids is 1. The molecule has 0 saturated carbocycles. The van der Waals surface area contributed by atoms with E-state index in [1.807, 2.05) is 23.1 Å². The zero-order chi connectivity index (χ0) is 21.8. The van der Waals surface area contributed by atoms with Crippen LogP contribution in [0.25, 0.3) is 0 Å². The van der Waals surface area contributed by atoms with Gasteiger partial charge >= 0.3 is 5.97 Å². The van der Waals surface area contributed by atoms with Crippen LogP contribution in [0.3, 0.4) is 0 Å². The first kappa shape index (κ1) is 22.5. The molecule has 1 heterocycles. The average Bonchev–Trinajstić information content (AvgIpc) is 2.74. The number of benzene rings is 2. The first-order chi connectivity index (χ1) is 14.4. The summed E-state index contributed by atoms with van der Waals surface area (Å²) in [6.07, 6.45) is 2.33. The van der Waals surface area contributed by atoms with E-state index in [9.17, 15) is 9.90 Å². The van der Waals surface area contributed by atoms with Crippen molar-refractivity contribution in [3.05, 3.63) is 51.5 Å². The Morgan fingerprint density at radius 3 is 2.27 bits per heavy atom. The van der Waals surface area contributed by atoms with Crippen molar-refractivity contribution < 1.29 is 24.1 Å². The maximum Gasteiger partial charge on any atom is 0.320 e. The highest BCUT2D eigenvalue weighted by molar-refractivity contribution is 6.35. The van der Waals surface area contributed by atoms with Crippen LogP contribution in [0.15, 0.2) is 30.3 Å². The van der Waals surface area contributed by atoms with Crippen LogP contribution >= 0.6 is 23.2 Å². The minimum atomic E-state index is -0.850. The van der Waals surface area contributed by atoms with Crippen molar-refractivity contribution in [2.24, 2.45) is 0 Å². The molecule has 30 heavy (non-hydrogen) atoms. The lowest BCUT2D eigenvalue weighted by atomic mass is 9.91. The number of methoxy groups -OCH3 is 3. The Bertz CT molecular complexity index is 895. The molecular weight excluding hydrogens is 429 g/mol. The maximum absolute atomic E-state index is 12.1. The summed E-state index contributed by atoms with van der Waals surface area (Å²) in [7, 11) is 4.64. The van der Waals surface area contributed by atoms with E-state index in [2.05, 4.69) is 0 Å². The fourth-order valence-electron chi connectivity index (χ4n) is 4.06. The molecule has 2 aromatic rings. The first-order valence-corrected chi connectivity index (χ1v) is 10.4. The summed E-state index contributed by atoms with van der Waals surface area (Å²) < 4.78 is 16.5. The van der Waals surface area contributed by atoms with Crippen LogP contribution in [-0.4, -0.2) is 49.9 Å². The van der Waals surface area contributed by atoms with E-state index >= 15 is 0 Å². The minimum absolute atomic E-state index is 0.426. The standard InChI is InChI=1S/C22H25Cl2NO5/c1-28-18-10-13(11-19(29-2)21(18)30-3)20(15-8-7-14(23)12-16(15)24)25-9-5-4-6-17(25)22(26)27/h7-8,10-12,17,20H,4-6,9H2,1-3H3,(H,26,27). The second-order valence-electron chi connectivity index (χ2n) is 7.11. The van der Waals surface area contributed by atoms with Crippen molar-refractivity contribution in [2.45, 2.75) is 31.3 Å². The topological polar surface area (TPSA) is 68.2 Å². The van der Waals surface area contributed by atoms with E-state index < -0.39 is 18.1 Å². The predicted octanol–water partition coefficient (Wildman–Crippen LogP) is 5.05. The molecule has 0 spiro atoms. The third-order valence-corrected chi connectivity index (χ3v) is 5.98. The van der Waals surface area contributed by atoms with E-state index in [-0.39, 0.29) is 0 Å². The van der Waals surface area contributed by atoms with Gasteiger partial charge in [-0.1, -0.05) is 35.7 Å². The fourth-order valence-corrected chi connectivity index (χ4v) is 4.57. The molecule has 1 aliphatic rings. The molecular formula is C22H25Cl2NO5. The lowest BCUT2D eigenvalue weighted by Crippen LogP contribution is -2.46. The zero-order valence-electron chi connectivity index (χ0n) is 17.2. The molecule has 3 rings (SSSR count). The Morgan fingerprint density at radius 1 is 1.07 bits per heavy atom. The van der Waals surface area contributed by atoms with Crippen LogP contribution in [0.2, 0.25) is 10.0 Å². The van der Waals surface area contributed by atoms with Gasteiger partial charge in [0.25, 0.3) is 0 Å². The van der Waals surface area contributed by atoms with Crippen molar-refractivity contribution in [1.29, 1.82) is 0 Å². The Hall–Kier alpha value is -2.15. The molecule has 0 aliphatic carbocycles. The number of ether oxygens (including phenoxy) is 3. The van der Waals surface area contributed by atoms with Crippen molar-refractivity contribution in [1.82, 2.24) is 4.90 Å². The number of hydrogen-bond acceptors (Lipinski definition) is 5. The van der Waals surface area contributed by atoms with Crippen LogP contribution < -0.4 is 14.2 Å². The molecule has 1 saturated heterocycles. The smallest absolute Gasteiger partial charge is 0.320 e. The van der Waals surface area contributed by atoms with Gasteiger partial charge in [-0.05, 0) is 54.8 Å². The highest BCUT2D eigenvalue weighted by Gasteiger charge is 2.36. The molecule has 1 N–H and O–H groups in total. The third kappa shape index (κ3) is 4.46. The molecule has 2 unspecified atom stereocenters. The van der Waals surface area contributed by atoms with Crippen molar-refractivity contribution in [3.63, 3.8) is 0 Å². The van der Waals surface area contributed by atoms with E-state index in [0.29, 0.717) is 40.3 Å². The van der Waals surface area contributed by atoms with Gasteiger partial charge in [0.05, 0.1) is 27.4 Å². The Labute approximate surface area is 186 Å². The molecule has 2 aromatic carbocycles. The zero-order valence-corrected chi connectivity index (χ0v) is 18.7. The summed E-state index contributed by atoms with van der Waals surface area (Å²) in [5.74, 6) is 0.604. The number of carboxylic acid groups (broad SMARTS) is 1. The number of halogens is 2. The van der Waals surface area contributed by atoms with Gasteiger partial charge in [0.1, 0.15) is 6.04 Å². The largest absolute Gasteiger partial charge is 0.493 e. The van der Waals surface area contributed by atoms with Crippen molar-refractivity contribution >= 4 is 29.2 Å². The second-order valence-corrected chi connectivity index (χ2v) is 7.96. The van der Waals surface area contributed by atoms with Crippen LogP contribution in [0, 0.1) is 0 Å². The summed E-state index contributed by atoms with van der Waals surface area (Å²) in [5.41, 5.74) is 1.56. The maximum atomic E-state index is 12.1. The van der Waals surface area contributed by atoms with Gasteiger partial charge in [-0.15, -0.1) is 0 Å². The molecule has 6 nitrogen and oxygen atoms in total. The Kier molecular flexibility index (Phi) is 7.34. The fraction of sp³-hybridized carbons (Fsp3) is 0.409. The second kappa shape index (κ2) is 9.77. The van der Waals surface area contributed by atoms with E-state index in [4.69, 9.17) is 37.4 Å². The summed E-state index contributed by atoms with van der Waals surface area (Å²) in [5, 5.41) is 10.9. The van der Waals surface area contributed by atoms with Crippen LogP contribution in [0.5, 0.6) is 17.2 Å². The molecule has 0 amide bonds. The van der Waals surface area contributed by atoms with E-state index in [1.54, 1.807) is 33.5 Å². The molecule has 1 fully saturated rings. The Morgan fingerprint density at radius 2 is 1.73 bits per heavy atom. The normalized spacial score (nSPS) is 18.0. The quantitative estimate of drug-likeness (QED) is 0.632. The summed E-state index contributed by atoms with van der Waals surface area (Å²) in [4.78, 5) is 14.0. The molecule has 1 aliphatic heterocycles. The average molecular weight is 454 g/mol. The highest BCUT2D eigenvalue weighted by Crippen LogP contribution is 2.44. The first-order valence-electron chi connectivity index (χ1n) is 9.64. The summed E-state index contributed by atoms with van der Waals surface area (Å²) in [6, 6.07) is 7.89. The highest BCUT2D eigenvalue weighted by atomic mass is 35.5. The van der Waals surface area contributed by atoms with Crippen molar-refractivity contribution in [3.8, 4) is 17.2 Å². The van der Waals surface area contributed by atoms with E-state index in [1.165, 1.54) is 0 Å². The molecule has 0 bridgehead atoms. The number of rotatable bonds is 7. The number of nitrogens with zero attached hydrogens (tertiary/aromatic N) is 1. The van der Waals surface area contributed by atoms with Crippen LogP contribution in [-0.2, 0) is 4.79 Å². The predicted molar refractivity (Wildman–Crippen MR) is 116 cm³/mol. The molecule has 8 heteroatoms. The van der Waals surface area contributed by atoms with Crippen molar-refractivity contribution in [2.75, 3.05) is 27.9 Å². The Balaban J connectivity index is 2.23. The molecule has 2 atom stereocenters. The number of aliphatic carboxylic acids is 1. The van der Waals surface area contributed by atoms with Gasteiger partial charge in [-0.3, -0.25) is 9.69 Å². The van der Waals surface area contributed by atoms with Gasteiger partial charge in [0, 0.05) is 10.0 Å². The number of carbonyl (C=O) groups is 1. The van der Waals surface area contributed by atoms with Crippen LogP contribution in [0.1, 0.15) is 36.4 Å². The van der Waals surface area contributed by atoms with Gasteiger partial charge in [0.2, 0.25) is 5.75 Å². The SMILES string of the molecule is COc1cc(C(c2ccc(Cl)cc2Cl)N2CCCCC2C(=O)O)cc(OC)c1OC. The lowest BCUT2D eigenvalue weighted by Gasteiger charge is -2.40. The number of likely N-dealkylation sites (tertiary alicyclic amines) is 1. The monoisotopic (exact) mass is 453 g/mol. The minimum Gasteiger partial charge on any atom is -0.493 e. The molecule has 0 aromatic heterocycles. The summed E-state index contributed by atoms with van der Waals surface area (Å²) >= 11 is 12.7. The van der Waals surface area contributed by atoms with Crippen LogP contribution in [0.4, 0.5) is 0 Å². The molecule has 0 radical (unpaired) electrons. The third-order valence-electron chi connectivity index (χ3n) is 5.42. The van der Waals surface area contributed by atoms with Gasteiger partial charge in [-0.2, -0.15) is 0 Å². The van der Waals surface area contributed by atoms with Gasteiger partial charge in [-0.25, -0.2) is 0 Å². The van der Waals surface area contributed by atoms with Gasteiger partial charge < -0.3 is 19.3 Å². The lowest BCUT2D eigenvalue weighted by molar-refractivity contribution is -0.145. The number of piperidine rings is 1. The number of hydrogen-bond donors (Lipinski definition) is 1. The molecule has 162 valence electrons. The van der Waals surface area contributed by atoms with E-state index in [0.717, 1.165) is 24.0 Å².